The fraction of sp³-hybridized carbons (Fsp3) is 0.217. The van der Waals surface area contributed by atoms with E-state index in [9.17, 15) is 8.42 Å². The Balaban J connectivity index is 1.77. The molecule has 1 atom stereocenters. The Bertz CT molecular complexity index is 1120. The number of anilines is 2. The summed E-state index contributed by atoms with van der Waals surface area (Å²) in [5.41, 5.74) is 14.0. The van der Waals surface area contributed by atoms with Crippen LogP contribution in [0.2, 0.25) is 0 Å². The average molecular weight is 393 g/mol. The standard InChI is InChI=1S/C23H24N2O2S/c1-28(26,27)25-18-8-4-6-16(14-18)15-22-19-9-3-2-7-17(19)12-13-21-20(22)10-5-11-23(21)24/h2-11,14,22,25H,12-13,15,24H2,1H3/t22-/m1/s1. The van der Waals surface area contributed by atoms with Crippen LogP contribution in [0.5, 0.6) is 0 Å². The predicted octanol–water partition coefficient (Wildman–Crippen LogP) is 4.11. The third-order valence-corrected chi connectivity index (χ3v) is 5.98. The number of fused-ring (bicyclic) bond motifs is 2. The zero-order valence-corrected chi connectivity index (χ0v) is 16.7. The highest BCUT2D eigenvalue weighted by Crippen LogP contribution is 2.38. The van der Waals surface area contributed by atoms with Gasteiger partial charge in [-0.25, -0.2) is 8.42 Å². The van der Waals surface area contributed by atoms with Crippen LogP contribution >= 0.6 is 0 Å². The topological polar surface area (TPSA) is 72.2 Å². The van der Waals surface area contributed by atoms with Gasteiger partial charge < -0.3 is 5.73 Å². The first-order valence-electron chi connectivity index (χ1n) is 9.42. The lowest BCUT2D eigenvalue weighted by Gasteiger charge is -2.21. The fourth-order valence-corrected chi connectivity index (χ4v) is 4.75. The second-order valence-electron chi connectivity index (χ2n) is 7.45. The van der Waals surface area contributed by atoms with Gasteiger partial charge in [-0.3, -0.25) is 4.72 Å². The Morgan fingerprint density at radius 3 is 2.54 bits per heavy atom. The highest BCUT2D eigenvalue weighted by atomic mass is 32.2. The zero-order valence-electron chi connectivity index (χ0n) is 15.9. The predicted molar refractivity (Wildman–Crippen MR) is 115 cm³/mol. The van der Waals surface area contributed by atoms with Crippen molar-refractivity contribution in [2.24, 2.45) is 0 Å². The molecule has 5 heteroatoms. The Hall–Kier alpha value is -2.79. The van der Waals surface area contributed by atoms with Crippen LogP contribution in [-0.2, 0) is 29.3 Å². The van der Waals surface area contributed by atoms with Gasteiger partial charge in [0.2, 0.25) is 10.0 Å². The number of nitrogen functional groups attached to an aromatic ring is 1. The van der Waals surface area contributed by atoms with E-state index in [0.29, 0.717) is 5.69 Å². The molecule has 1 aliphatic carbocycles. The van der Waals surface area contributed by atoms with Crippen LogP contribution in [0.25, 0.3) is 0 Å². The molecule has 1 aliphatic rings. The van der Waals surface area contributed by atoms with Gasteiger partial charge in [0.25, 0.3) is 0 Å². The third kappa shape index (κ3) is 3.90. The minimum atomic E-state index is -3.30. The monoisotopic (exact) mass is 392 g/mol. The van der Waals surface area contributed by atoms with Gasteiger partial charge in [0.15, 0.2) is 0 Å². The van der Waals surface area contributed by atoms with Crippen molar-refractivity contribution in [2.45, 2.75) is 25.2 Å². The maximum absolute atomic E-state index is 11.6. The highest BCUT2D eigenvalue weighted by Gasteiger charge is 2.25. The lowest BCUT2D eigenvalue weighted by atomic mass is 9.83. The van der Waals surface area contributed by atoms with Gasteiger partial charge in [-0.05, 0) is 65.3 Å². The summed E-state index contributed by atoms with van der Waals surface area (Å²) < 4.78 is 25.7. The Labute approximate surface area is 166 Å². The van der Waals surface area contributed by atoms with Crippen molar-refractivity contribution in [1.29, 1.82) is 0 Å². The molecule has 3 N–H and O–H groups in total. The van der Waals surface area contributed by atoms with Gasteiger partial charge in [-0.2, -0.15) is 0 Å². The lowest BCUT2D eigenvalue weighted by Crippen LogP contribution is -2.11. The molecule has 4 rings (SSSR count). The smallest absolute Gasteiger partial charge is 0.229 e. The van der Waals surface area contributed by atoms with E-state index in [1.165, 1.54) is 28.5 Å². The summed E-state index contributed by atoms with van der Waals surface area (Å²) in [6.45, 7) is 0. The van der Waals surface area contributed by atoms with Crippen molar-refractivity contribution in [1.82, 2.24) is 0 Å². The van der Waals surface area contributed by atoms with Crippen LogP contribution in [0.1, 0.15) is 33.7 Å². The summed E-state index contributed by atoms with van der Waals surface area (Å²) in [7, 11) is -3.30. The number of sulfonamides is 1. The maximum atomic E-state index is 11.6. The first kappa shape index (κ1) is 18.6. The Kier molecular flexibility index (Phi) is 4.85. The lowest BCUT2D eigenvalue weighted by molar-refractivity contribution is 0.607. The molecule has 3 aromatic rings. The molecule has 0 fully saturated rings. The van der Waals surface area contributed by atoms with Crippen molar-refractivity contribution >= 4 is 21.4 Å². The van der Waals surface area contributed by atoms with E-state index in [1.54, 1.807) is 6.07 Å². The van der Waals surface area contributed by atoms with Gasteiger partial charge in [-0.15, -0.1) is 0 Å². The number of rotatable bonds is 4. The Morgan fingerprint density at radius 2 is 1.71 bits per heavy atom. The zero-order chi connectivity index (χ0) is 19.7. The maximum Gasteiger partial charge on any atom is 0.229 e. The molecule has 0 saturated heterocycles. The Morgan fingerprint density at radius 1 is 0.964 bits per heavy atom. The molecule has 0 aromatic heterocycles. The van der Waals surface area contributed by atoms with Gasteiger partial charge in [0.05, 0.1) is 6.26 Å². The van der Waals surface area contributed by atoms with Crippen LogP contribution in [0.15, 0.2) is 66.7 Å². The molecule has 0 aliphatic heterocycles. The van der Waals surface area contributed by atoms with Crippen LogP contribution in [0.4, 0.5) is 11.4 Å². The molecule has 0 radical (unpaired) electrons. The highest BCUT2D eigenvalue weighted by molar-refractivity contribution is 7.92. The molecular weight excluding hydrogens is 368 g/mol. The molecule has 0 bridgehead atoms. The second-order valence-corrected chi connectivity index (χ2v) is 9.19. The van der Waals surface area contributed by atoms with E-state index in [1.807, 2.05) is 30.3 Å². The van der Waals surface area contributed by atoms with E-state index in [0.717, 1.165) is 30.5 Å². The molecule has 4 nitrogen and oxygen atoms in total. The molecular formula is C23H24N2O2S. The molecule has 0 saturated carbocycles. The first-order chi connectivity index (χ1) is 13.4. The van der Waals surface area contributed by atoms with E-state index >= 15 is 0 Å². The van der Waals surface area contributed by atoms with Crippen molar-refractivity contribution < 1.29 is 8.42 Å². The summed E-state index contributed by atoms with van der Waals surface area (Å²) in [6.07, 6.45) is 3.86. The summed E-state index contributed by atoms with van der Waals surface area (Å²) in [5.74, 6) is 0.186. The normalized spacial score (nSPS) is 16.0. The van der Waals surface area contributed by atoms with Crippen LogP contribution in [-0.4, -0.2) is 14.7 Å². The van der Waals surface area contributed by atoms with E-state index < -0.39 is 10.0 Å². The van der Waals surface area contributed by atoms with Crippen molar-refractivity contribution in [3.8, 4) is 0 Å². The second kappa shape index (κ2) is 7.32. The average Bonchev–Trinajstić information content (AvgIpc) is 2.79. The van der Waals surface area contributed by atoms with Gasteiger partial charge in [-0.1, -0.05) is 48.5 Å². The number of nitrogens with one attached hydrogen (secondary N) is 1. The van der Waals surface area contributed by atoms with E-state index in [4.69, 9.17) is 5.73 Å². The van der Waals surface area contributed by atoms with E-state index in [-0.39, 0.29) is 5.92 Å². The molecule has 3 aromatic carbocycles. The van der Waals surface area contributed by atoms with Crippen molar-refractivity contribution in [2.75, 3.05) is 16.7 Å². The number of hydrogen-bond acceptors (Lipinski definition) is 3. The fourth-order valence-electron chi connectivity index (χ4n) is 4.20. The van der Waals surface area contributed by atoms with E-state index in [2.05, 4.69) is 35.1 Å². The molecule has 0 spiro atoms. The molecule has 0 amide bonds. The third-order valence-electron chi connectivity index (χ3n) is 5.37. The first-order valence-corrected chi connectivity index (χ1v) is 11.3. The summed E-state index contributed by atoms with van der Waals surface area (Å²) in [5, 5.41) is 0. The summed E-state index contributed by atoms with van der Waals surface area (Å²) in [6, 6.07) is 22.4. The SMILES string of the molecule is CS(=O)(=O)Nc1cccc(C[C@@H]2c3ccccc3CCc3c(N)cccc32)c1. The number of benzene rings is 3. The number of hydrogen-bond donors (Lipinski definition) is 2. The van der Waals surface area contributed by atoms with Crippen molar-refractivity contribution in [3.63, 3.8) is 0 Å². The summed E-state index contributed by atoms with van der Waals surface area (Å²) in [4.78, 5) is 0. The minimum absolute atomic E-state index is 0.186. The summed E-state index contributed by atoms with van der Waals surface area (Å²) >= 11 is 0. The molecule has 144 valence electrons. The number of aryl methyl sites for hydroxylation is 1. The minimum Gasteiger partial charge on any atom is -0.398 e. The van der Waals surface area contributed by atoms with Crippen LogP contribution in [0, 0.1) is 0 Å². The molecule has 28 heavy (non-hydrogen) atoms. The molecule has 0 heterocycles. The van der Waals surface area contributed by atoms with Gasteiger partial charge in [0.1, 0.15) is 0 Å². The quantitative estimate of drug-likeness (QED) is 0.656. The van der Waals surface area contributed by atoms with Gasteiger partial charge >= 0.3 is 0 Å². The van der Waals surface area contributed by atoms with Crippen LogP contribution in [0.3, 0.4) is 0 Å². The number of nitrogens with two attached hydrogens (primary N) is 1. The van der Waals surface area contributed by atoms with Crippen molar-refractivity contribution in [3.05, 3.63) is 94.5 Å². The molecule has 0 unspecified atom stereocenters. The van der Waals surface area contributed by atoms with Gasteiger partial charge in [0, 0.05) is 17.3 Å². The largest absolute Gasteiger partial charge is 0.398 e. The van der Waals surface area contributed by atoms with Crippen LogP contribution < -0.4 is 10.5 Å².